The van der Waals surface area contributed by atoms with E-state index in [1.54, 1.807) is 19.3 Å². The van der Waals surface area contributed by atoms with Crippen molar-refractivity contribution in [3.05, 3.63) is 88.2 Å². The van der Waals surface area contributed by atoms with E-state index < -0.39 is 0 Å². The fraction of sp³-hybridized carbons (Fsp3) is 0.259. The molecule has 1 amide bonds. The molecule has 4 rings (SSSR count). The third-order valence-electron chi connectivity index (χ3n) is 5.82. The summed E-state index contributed by atoms with van der Waals surface area (Å²) in [6.45, 7) is 2.97. The lowest BCUT2D eigenvalue weighted by Gasteiger charge is -2.13. The van der Waals surface area contributed by atoms with Crippen molar-refractivity contribution in [1.82, 2.24) is 19.4 Å². The minimum absolute atomic E-state index is 0.103. The maximum absolute atomic E-state index is 12.9. The summed E-state index contributed by atoms with van der Waals surface area (Å²) in [6, 6.07) is 13.1. The van der Waals surface area contributed by atoms with Gasteiger partial charge in [0.05, 0.1) is 22.8 Å². The van der Waals surface area contributed by atoms with Crippen LogP contribution < -0.4 is 16.2 Å². The monoisotopic (exact) mass is 470 g/mol. The van der Waals surface area contributed by atoms with Gasteiger partial charge in [-0.15, -0.1) is 0 Å². The van der Waals surface area contributed by atoms with E-state index >= 15 is 0 Å². The molecule has 0 unspecified atom stereocenters. The average Bonchev–Trinajstić information content (AvgIpc) is 2.84. The van der Waals surface area contributed by atoms with Crippen LogP contribution in [0, 0.1) is 6.92 Å². The molecule has 0 fully saturated rings. The molecular weight excluding hydrogens is 440 g/mol. The highest BCUT2D eigenvalue weighted by molar-refractivity contribution is 6.04. The van der Waals surface area contributed by atoms with Crippen LogP contribution in [0.3, 0.4) is 0 Å². The number of fused-ring (bicyclic) bond motifs is 1. The summed E-state index contributed by atoms with van der Waals surface area (Å²) in [5.41, 5.74) is 5.39. The van der Waals surface area contributed by atoms with E-state index in [1.165, 1.54) is 10.9 Å². The van der Waals surface area contributed by atoms with Crippen LogP contribution in [-0.4, -0.2) is 46.0 Å². The zero-order chi connectivity index (χ0) is 24.9. The third-order valence-corrected chi connectivity index (χ3v) is 5.82. The first kappa shape index (κ1) is 24.1. The second kappa shape index (κ2) is 10.5. The van der Waals surface area contributed by atoms with Crippen LogP contribution in [0.1, 0.15) is 27.9 Å². The number of aryl methyl sites for hydroxylation is 3. The van der Waals surface area contributed by atoms with Crippen molar-refractivity contribution in [2.45, 2.75) is 19.8 Å². The molecule has 0 spiro atoms. The lowest BCUT2D eigenvalue weighted by Crippen LogP contribution is -2.16. The number of nitrogens with zero attached hydrogens (tertiary/aromatic N) is 4. The van der Waals surface area contributed by atoms with E-state index in [0.29, 0.717) is 22.2 Å². The maximum Gasteiger partial charge on any atom is 0.260 e. The molecule has 2 heterocycles. The fourth-order valence-corrected chi connectivity index (χ4v) is 3.83. The summed E-state index contributed by atoms with van der Waals surface area (Å²) in [4.78, 5) is 36.0. The summed E-state index contributed by atoms with van der Waals surface area (Å²) in [6.07, 6.45) is 6.79. The number of benzene rings is 2. The van der Waals surface area contributed by atoms with E-state index in [9.17, 15) is 9.59 Å². The molecule has 8 nitrogen and oxygen atoms in total. The van der Waals surface area contributed by atoms with Crippen molar-refractivity contribution in [3.8, 4) is 0 Å². The minimum atomic E-state index is -0.206. The average molecular weight is 471 g/mol. The second-order valence-electron chi connectivity index (χ2n) is 8.99. The Kier molecular flexibility index (Phi) is 7.22. The Morgan fingerprint density at radius 1 is 1.06 bits per heavy atom. The Balaban J connectivity index is 1.50. The zero-order valence-corrected chi connectivity index (χ0v) is 20.5. The summed E-state index contributed by atoms with van der Waals surface area (Å²) in [7, 11) is 5.77. The van der Waals surface area contributed by atoms with Crippen LogP contribution in [0.4, 0.5) is 17.1 Å². The number of aromatic nitrogens is 3. The lowest BCUT2D eigenvalue weighted by molar-refractivity contribution is 0.102. The van der Waals surface area contributed by atoms with Crippen molar-refractivity contribution in [2.75, 3.05) is 31.3 Å². The Morgan fingerprint density at radius 2 is 1.86 bits per heavy atom. The summed E-state index contributed by atoms with van der Waals surface area (Å²) in [5, 5.41) is 6.87. The number of anilines is 3. The lowest BCUT2D eigenvalue weighted by atomic mass is 10.1. The fourth-order valence-electron chi connectivity index (χ4n) is 3.83. The molecule has 180 valence electrons. The Morgan fingerprint density at radius 3 is 2.66 bits per heavy atom. The first-order valence-electron chi connectivity index (χ1n) is 11.5. The van der Waals surface area contributed by atoms with Crippen LogP contribution in [0.15, 0.2) is 66.0 Å². The maximum atomic E-state index is 12.9. The van der Waals surface area contributed by atoms with Crippen LogP contribution in [0.25, 0.3) is 10.9 Å². The topological polar surface area (TPSA) is 92.2 Å². The normalized spacial score (nSPS) is 11.1. The standard InChI is InChI=1S/C27H30N6O2/c1-18-7-8-22(31-26(34)20-12-19(15-28-16-20)6-5-11-32(2)3)14-25(18)30-21-9-10-24-23(13-21)27(35)33(4)17-29-24/h7-10,12-17,30H,5-6,11H2,1-4H3,(H,31,34). The van der Waals surface area contributed by atoms with Crippen LogP contribution in [0.5, 0.6) is 0 Å². The first-order valence-corrected chi connectivity index (χ1v) is 11.5. The number of pyridine rings is 1. The molecule has 2 N–H and O–H groups in total. The molecule has 0 radical (unpaired) electrons. The second-order valence-corrected chi connectivity index (χ2v) is 8.99. The Labute approximate surface area is 204 Å². The van der Waals surface area contributed by atoms with Gasteiger partial charge < -0.3 is 20.1 Å². The van der Waals surface area contributed by atoms with E-state index in [4.69, 9.17) is 0 Å². The van der Waals surface area contributed by atoms with Gasteiger partial charge in [-0.25, -0.2) is 4.98 Å². The molecule has 35 heavy (non-hydrogen) atoms. The van der Waals surface area contributed by atoms with Crippen LogP contribution >= 0.6 is 0 Å². The molecule has 0 saturated carbocycles. The smallest absolute Gasteiger partial charge is 0.260 e. The van der Waals surface area contributed by atoms with Crippen molar-refractivity contribution in [3.63, 3.8) is 0 Å². The van der Waals surface area contributed by atoms with E-state index in [-0.39, 0.29) is 11.5 Å². The highest BCUT2D eigenvalue weighted by Gasteiger charge is 2.10. The number of nitrogens with one attached hydrogen (secondary N) is 2. The molecule has 0 aliphatic rings. The van der Waals surface area contributed by atoms with Gasteiger partial charge in [0.15, 0.2) is 0 Å². The van der Waals surface area contributed by atoms with Gasteiger partial charge in [0.2, 0.25) is 0 Å². The largest absolute Gasteiger partial charge is 0.355 e. The molecule has 2 aromatic heterocycles. The Bertz CT molecular complexity index is 1430. The van der Waals surface area contributed by atoms with Crippen LogP contribution in [-0.2, 0) is 13.5 Å². The highest BCUT2D eigenvalue weighted by atomic mass is 16.1. The number of rotatable bonds is 8. The van der Waals surface area contributed by atoms with Gasteiger partial charge >= 0.3 is 0 Å². The number of hydrogen-bond donors (Lipinski definition) is 2. The summed E-state index contributed by atoms with van der Waals surface area (Å²) >= 11 is 0. The van der Waals surface area contributed by atoms with Gasteiger partial charge in [0.25, 0.3) is 11.5 Å². The Hall–Kier alpha value is -4.04. The molecule has 0 bridgehead atoms. The van der Waals surface area contributed by atoms with Gasteiger partial charge in [-0.2, -0.15) is 0 Å². The van der Waals surface area contributed by atoms with Crippen molar-refractivity contribution >= 4 is 33.9 Å². The van der Waals surface area contributed by atoms with E-state index in [0.717, 1.165) is 41.9 Å². The van der Waals surface area contributed by atoms with Crippen LogP contribution in [0.2, 0.25) is 0 Å². The van der Waals surface area contributed by atoms with Gasteiger partial charge in [0, 0.05) is 36.5 Å². The van der Waals surface area contributed by atoms with E-state index in [2.05, 4.69) is 25.5 Å². The molecule has 8 heteroatoms. The SMILES string of the molecule is Cc1ccc(NC(=O)c2cncc(CCCN(C)C)c2)cc1Nc1ccc2ncn(C)c(=O)c2c1. The number of amides is 1. The van der Waals surface area contributed by atoms with Gasteiger partial charge in [-0.05, 0) is 87.9 Å². The molecule has 0 aliphatic heterocycles. The molecule has 0 atom stereocenters. The number of carbonyl (C=O) groups excluding carboxylic acids is 1. The molecule has 0 saturated heterocycles. The predicted octanol–water partition coefficient (Wildman–Crippen LogP) is 4.13. The minimum Gasteiger partial charge on any atom is -0.355 e. The molecule has 4 aromatic rings. The number of hydrogen-bond acceptors (Lipinski definition) is 6. The number of carbonyl (C=O) groups is 1. The van der Waals surface area contributed by atoms with E-state index in [1.807, 2.05) is 63.6 Å². The highest BCUT2D eigenvalue weighted by Crippen LogP contribution is 2.26. The summed E-state index contributed by atoms with van der Waals surface area (Å²) in [5.74, 6) is -0.206. The molecule has 2 aromatic carbocycles. The van der Waals surface area contributed by atoms with Gasteiger partial charge in [-0.1, -0.05) is 6.07 Å². The predicted molar refractivity (Wildman–Crippen MR) is 141 cm³/mol. The van der Waals surface area contributed by atoms with Crippen molar-refractivity contribution in [2.24, 2.45) is 7.05 Å². The van der Waals surface area contributed by atoms with Crippen molar-refractivity contribution in [1.29, 1.82) is 0 Å². The van der Waals surface area contributed by atoms with Crippen molar-refractivity contribution < 1.29 is 4.79 Å². The first-order chi connectivity index (χ1) is 16.8. The molecule has 0 aliphatic carbocycles. The van der Waals surface area contributed by atoms with Gasteiger partial charge in [0.1, 0.15) is 0 Å². The quantitative estimate of drug-likeness (QED) is 0.402. The third kappa shape index (κ3) is 5.91. The molecular formula is C27H30N6O2. The summed E-state index contributed by atoms with van der Waals surface area (Å²) < 4.78 is 1.46. The zero-order valence-electron chi connectivity index (χ0n) is 20.5. The van der Waals surface area contributed by atoms with Gasteiger partial charge in [-0.3, -0.25) is 14.6 Å².